The van der Waals surface area contributed by atoms with Crippen LogP contribution in [0.5, 0.6) is 5.75 Å². The average Bonchev–Trinajstić information content (AvgIpc) is 3.26. The Morgan fingerprint density at radius 2 is 1.67 bits per heavy atom. The summed E-state index contributed by atoms with van der Waals surface area (Å²) in [5.74, 6) is -3.05. The molecular weight excluding hydrogens is 466 g/mol. The largest absolute Gasteiger partial charge is 0.508 e. The van der Waals surface area contributed by atoms with Crippen LogP contribution in [0.4, 0.5) is 0 Å². The summed E-state index contributed by atoms with van der Waals surface area (Å²) in [5, 5.41) is 26.7. The minimum absolute atomic E-state index is 0.0498. The van der Waals surface area contributed by atoms with E-state index in [0.29, 0.717) is 5.56 Å². The van der Waals surface area contributed by atoms with Crippen LogP contribution in [-0.2, 0) is 32.0 Å². The Balaban J connectivity index is 1.67. The third-order valence-corrected chi connectivity index (χ3v) is 5.63. The number of aromatic nitrogens is 1. The molecule has 3 rings (SSSR count). The van der Waals surface area contributed by atoms with Gasteiger partial charge in [-0.15, -0.1) is 0 Å². The Morgan fingerprint density at radius 1 is 0.972 bits per heavy atom. The lowest BCUT2D eigenvalue weighted by Crippen LogP contribution is -2.54. The molecule has 3 unspecified atom stereocenters. The van der Waals surface area contributed by atoms with Crippen molar-refractivity contribution in [1.29, 1.82) is 0 Å². The number of amides is 3. The van der Waals surface area contributed by atoms with Gasteiger partial charge in [-0.2, -0.15) is 0 Å². The zero-order valence-corrected chi connectivity index (χ0v) is 19.7. The molecule has 0 saturated carbocycles. The van der Waals surface area contributed by atoms with Crippen LogP contribution >= 0.6 is 0 Å². The summed E-state index contributed by atoms with van der Waals surface area (Å²) >= 11 is 0. The second kappa shape index (κ2) is 11.8. The number of nitrogens with two attached hydrogens (primary N) is 1. The molecule has 36 heavy (non-hydrogen) atoms. The molecule has 0 bridgehead atoms. The van der Waals surface area contributed by atoms with E-state index in [2.05, 4.69) is 20.9 Å². The highest BCUT2D eigenvalue weighted by molar-refractivity contribution is 5.93. The maximum Gasteiger partial charge on any atom is 0.325 e. The minimum atomic E-state index is -1.21. The number of para-hydroxylation sites is 1. The number of phenolic OH excluding ortho intramolecular Hbond substituents is 1. The number of hydrogen-bond donors (Lipinski definition) is 7. The van der Waals surface area contributed by atoms with Crippen molar-refractivity contribution in [3.05, 3.63) is 65.9 Å². The van der Waals surface area contributed by atoms with Crippen molar-refractivity contribution in [2.75, 3.05) is 6.54 Å². The standard InChI is InChI=1S/C25H29N5O6/c1-14(25(35)36)29-22(32)13-28-24(34)21(10-15-6-8-17(31)9-7-15)30-23(33)19(26)11-16-12-27-20-5-3-2-4-18(16)20/h2-9,12,14,19,21,27,31H,10-11,13,26H2,1H3,(H,28,34)(H,29,32)(H,30,33)(H,35,36). The molecule has 3 amide bonds. The number of hydrogen-bond acceptors (Lipinski definition) is 6. The van der Waals surface area contributed by atoms with Gasteiger partial charge in [0.05, 0.1) is 12.6 Å². The van der Waals surface area contributed by atoms with Gasteiger partial charge in [0.2, 0.25) is 17.7 Å². The third kappa shape index (κ3) is 7.06. The molecule has 0 aliphatic rings. The van der Waals surface area contributed by atoms with Gasteiger partial charge in [0, 0.05) is 23.5 Å². The van der Waals surface area contributed by atoms with Gasteiger partial charge in [0.25, 0.3) is 0 Å². The Labute approximate surface area is 207 Å². The Bertz CT molecular complexity index is 1240. The van der Waals surface area contributed by atoms with Crippen molar-refractivity contribution in [1.82, 2.24) is 20.9 Å². The number of nitrogens with one attached hydrogen (secondary N) is 4. The molecular formula is C25H29N5O6. The van der Waals surface area contributed by atoms with Crippen LogP contribution in [0.3, 0.4) is 0 Å². The second-order valence-corrected chi connectivity index (χ2v) is 8.45. The highest BCUT2D eigenvalue weighted by Gasteiger charge is 2.25. The van der Waals surface area contributed by atoms with Gasteiger partial charge in [-0.1, -0.05) is 30.3 Å². The fourth-order valence-electron chi connectivity index (χ4n) is 3.63. The molecule has 0 radical (unpaired) electrons. The molecule has 11 heteroatoms. The summed E-state index contributed by atoms with van der Waals surface area (Å²) in [6, 6.07) is 10.6. The Kier molecular flexibility index (Phi) is 8.63. The fraction of sp³-hybridized carbons (Fsp3) is 0.280. The molecule has 11 nitrogen and oxygen atoms in total. The summed E-state index contributed by atoms with van der Waals surface area (Å²) in [6.45, 7) is 0.824. The molecule has 0 aliphatic carbocycles. The van der Waals surface area contributed by atoms with E-state index in [1.807, 2.05) is 24.3 Å². The minimum Gasteiger partial charge on any atom is -0.508 e. The quantitative estimate of drug-likeness (QED) is 0.198. The van der Waals surface area contributed by atoms with E-state index in [9.17, 15) is 24.3 Å². The van der Waals surface area contributed by atoms with Gasteiger partial charge in [-0.25, -0.2) is 0 Å². The maximum atomic E-state index is 12.9. The molecule has 0 fully saturated rings. The molecule has 8 N–H and O–H groups in total. The molecule has 0 aliphatic heterocycles. The monoisotopic (exact) mass is 495 g/mol. The number of carboxylic acids is 1. The van der Waals surface area contributed by atoms with Crippen molar-refractivity contribution in [3.63, 3.8) is 0 Å². The summed E-state index contributed by atoms with van der Waals surface area (Å²) < 4.78 is 0. The molecule has 2 aromatic carbocycles. The molecule has 0 spiro atoms. The Hall–Kier alpha value is -4.38. The van der Waals surface area contributed by atoms with Crippen LogP contribution < -0.4 is 21.7 Å². The maximum absolute atomic E-state index is 12.9. The molecule has 190 valence electrons. The first-order chi connectivity index (χ1) is 17.1. The molecule has 0 saturated heterocycles. The number of carbonyl (C=O) groups excluding carboxylic acids is 3. The summed E-state index contributed by atoms with van der Waals surface area (Å²) in [7, 11) is 0. The number of aromatic hydroxyl groups is 1. The number of H-pyrrole nitrogens is 1. The summed E-state index contributed by atoms with van der Waals surface area (Å²) in [4.78, 5) is 51.8. The van der Waals surface area contributed by atoms with Gasteiger partial charge in [0.15, 0.2) is 0 Å². The number of carbonyl (C=O) groups is 4. The fourth-order valence-corrected chi connectivity index (χ4v) is 3.63. The first-order valence-corrected chi connectivity index (χ1v) is 11.3. The van der Waals surface area contributed by atoms with Crippen LogP contribution in [0, 0.1) is 0 Å². The number of benzene rings is 2. The van der Waals surface area contributed by atoms with Crippen LogP contribution in [0.25, 0.3) is 10.9 Å². The van der Waals surface area contributed by atoms with Crippen molar-refractivity contribution in [3.8, 4) is 5.75 Å². The number of phenols is 1. The van der Waals surface area contributed by atoms with E-state index in [0.717, 1.165) is 16.5 Å². The lowest BCUT2D eigenvalue weighted by atomic mass is 10.0. The zero-order valence-electron chi connectivity index (χ0n) is 19.7. The van der Waals surface area contributed by atoms with E-state index >= 15 is 0 Å². The van der Waals surface area contributed by atoms with Crippen molar-refractivity contribution < 1.29 is 29.4 Å². The van der Waals surface area contributed by atoms with Crippen molar-refractivity contribution >= 4 is 34.6 Å². The van der Waals surface area contributed by atoms with E-state index in [1.54, 1.807) is 18.3 Å². The first-order valence-electron chi connectivity index (χ1n) is 11.3. The van der Waals surface area contributed by atoms with Crippen molar-refractivity contribution in [2.45, 2.75) is 37.9 Å². The molecule has 3 atom stereocenters. The van der Waals surface area contributed by atoms with Gasteiger partial charge < -0.3 is 36.9 Å². The topological polar surface area (TPSA) is 187 Å². The zero-order chi connectivity index (χ0) is 26.2. The van der Waals surface area contributed by atoms with Crippen molar-refractivity contribution in [2.24, 2.45) is 5.73 Å². The average molecular weight is 496 g/mol. The van der Waals surface area contributed by atoms with E-state index in [-0.39, 0.29) is 18.6 Å². The highest BCUT2D eigenvalue weighted by atomic mass is 16.4. The normalized spacial score (nSPS) is 13.4. The molecule has 3 aromatic rings. The predicted molar refractivity (Wildman–Crippen MR) is 132 cm³/mol. The molecule has 1 aromatic heterocycles. The predicted octanol–water partition coefficient (Wildman–Crippen LogP) is 0.176. The lowest BCUT2D eigenvalue weighted by Gasteiger charge is -2.21. The van der Waals surface area contributed by atoms with Gasteiger partial charge in [-0.3, -0.25) is 19.2 Å². The number of aromatic amines is 1. The lowest BCUT2D eigenvalue weighted by molar-refractivity contribution is -0.141. The van der Waals surface area contributed by atoms with Gasteiger partial charge >= 0.3 is 5.97 Å². The van der Waals surface area contributed by atoms with E-state index < -0.39 is 48.4 Å². The Morgan fingerprint density at radius 3 is 2.36 bits per heavy atom. The van der Waals surface area contributed by atoms with Gasteiger partial charge in [0.1, 0.15) is 17.8 Å². The van der Waals surface area contributed by atoms with Crippen LogP contribution in [0.1, 0.15) is 18.1 Å². The SMILES string of the molecule is CC(NC(=O)CNC(=O)C(Cc1ccc(O)cc1)NC(=O)C(N)Cc1c[nH]c2ccccc12)C(=O)O. The number of aliphatic carboxylic acids is 1. The van der Waals surface area contributed by atoms with E-state index in [4.69, 9.17) is 10.8 Å². The van der Waals surface area contributed by atoms with Crippen LogP contribution in [0.15, 0.2) is 54.7 Å². The second-order valence-electron chi connectivity index (χ2n) is 8.45. The number of fused-ring (bicyclic) bond motifs is 1. The highest BCUT2D eigenvalue weighted by Crippen LogP contribution is 2.19. The van der Waals surface area contributed by atoms with Gasteiger partial charge in [-0.05, 0) is 42.7 Å². The number of carboxylic acid groups (broad SMARTS) is 1. The van der Waals surface area contributed by atoms with E-state index in [1.165, 1.54) is 19.1 Å². The smallest absolute Gasteiger partial charge is 0.325 e. The summed E-state index contributed by atoms with van der Waals surface area (Å²) in [6.07, 6.45) is 2.10. The first kappa shape index (κ1) is 26.2. The third-order valence-electron chi connectivity index (χ3n) is 5.63. The molecule has 1 heterocycles. The number of rotatable bonds is 11. The van der Waals surface area contributed by atoms with Crippen LogP contribution in [-0.4, -0.2) is 63.6 Å². The summed E-state index contributed by atoms with van der Waals surface area (Å²) in [5.41, 5.74) is 8.59. The van der Waals surface area contributed by atoms with Crippen LogP contribution in [0.2, 0.25) is 0 Å².